The molecule has 106 valence electrons. The molecule has 0 aliphatic rings. The van der Waals surface area contributed by atoms with Gasteiger partial charge in [0.25, 0.3) is 5.91 Å². The van der Waals surface area contributed by atoms with E-state index in [-0.39, 0.29) is 17.4 Å². The zero-order chi connectivity index (χ0) is 14.3. The molecule has 1 unspecified atom stereocenters. The number of benzene rings is 1. The number of carbonyl (C=O) groups excluding carboxylic acids is 1. The van der Waals surface area contributed by atoms with Crippen molar-refractivity contribution in [1.82, 2.24) is 5.32 Å². The molecule has 0 fully saturated rings. The molecule has 0 heterocycles. The average Bonchev–Trinajstić information content (AvgIpc) is 2.34. The Balaban J connectivity index is 2.56. The van der Waals surface area contributed by atoms with Gasteiger partial charge in [0.05, 0.1) is 5.56 Å². The van der Waals surface area contributed by atoms with Crippen LogP contribution in [0.4, 0.5) is 8.78 Å². The highest BCUT2D eigenvalue weighted by Crippen LogP contribution is 2.19. The first-order valence-corrected chi connectivity index (χ1v) is 6.08. The van der Waals surface area contributed by atoms with Crippen LogP contribution in [0.2, 0.25) is 0 Å². The lowest BCUT2D eigenvalue weighted by Crippen LogP contribution is -2.26. The molecule has 1 rings (SSSR count). The summed E-state index contributed by atoms with van der Waals surface area (Å²) in [6, 6.07) is 5.98. The van der Waals surface area contributed by atoms with Gasteiger partial charge in [0.1, 0.15) is 5.75 Å². The first-order chi connectivity index (χ1) is 9.00. The van der Waals surface area contributed by atoms with E-state index in [0.29, 0.717) is 6.54 Å². The van der Waals surface area contributed by atoms with Gasteiger partial charge in [0.2, 0.25) is 0 Å². The van der Waals surface area contributed by atoms with Crippen LogP contribution in [-0.2, 0) is 0 Å². The van der Waals surface area contributed by atoms with E-state index in [4.69, 9.17) is 5.73 Å². The number of ether oxygens (including phenoxy) is 1. The summed E-state index contributed by atoms with van der Waals surface area (Å²) in [4.78, 5) is 11.8. The lowest BCUT2D eigenvalue weighted by molar-refractivity contribution is -0.0501. The molecule has 4 nitrogen and oxygen atoms in total. The van der Waals surface area contributed by atoms with Crippen molar-refractivity contribution >= 4 is 5.91 Å². The fourth-order valence-electron chi connectivity index (χ4n) is 1.57. The lowest BCUT2D eigenvalue weighted by Gasteiger charge is -2.11. The van der Waals surface area contributed by atoms with Gasteiger partial charge in [-0.05, 0) is 31.9 Å². The van der Waals surface area contributed by atoms with Gasteiger partial charge in [-0.3, -0.25) is 4.79 Å². The molecule has 1 aromatic carbocycles. The maximum absolute atomic E-state index is 12.2. The van der Waals surface area contributed by atoms with Crippen LogP contribution in [0.25, 0.3) is 0 Å². The molecule has 0 aliphatic carbocycles. The van der Waals surface area contributed by atoms with Crippen LogP contribution in [0, 0.1) is 0 Å². The maximum atomic E-state index is 12.2. The van der Waals surface area contributed by atoms with Crippen LogP contribution in [0.5, 0.6) is 5.75 Å². The monoisotopic (exact) mass is 272 g/mol. The normalized spacial score (nSPS) is 12.3. The second-order valence-corrected chi connectivity index (χ2v) is 4.25. The van der Waals surface area contributed by atoms with Crippen LogP contribution in [0.1, 0.15) is 30.1 Å². The maximum Gasteiger partial charge on any atom is 0.387 e. The standard InChI is InChI=1S/C13H18F2N2O2/c1-9(16)5-4-8-17-12(18)10-6-2-3-7-11(10)19-13(14)15/h2-3,6-7,9,13H,4-5,8,16H2,1H3,(H,17,18). The van der Waals surface area contributed by atoms with Crippen LogP contribution in [0.3, 0.4) is 0 Å². The van der Waals surface area contributed by atoms with E-state index in [1.807, 2.05) is 6.92 Å². The number of nitrogens with one attached hydrogen (secondary N) is 1. The van der Waals surface area contributed by atoms with Crippen LogP contribution >= 0.6 is 0 Å². The summed E-state index contributed by atoms with van der Waals surface area (Å²) in [7, 11) is 0. The molecule has 0 bridgehead atoms. The van der Waals surface area contributed by atoms with Gasteiger partial charge >= 0.3 is 6.61 Å². The van der Waals surface area contributed by atoms with Crippen molar-refractivity contribution in [1.29, 1.82) is 0 Å². The number of para-hydroxylation sites is 1. The van der Waals surface area contributed by atoms with Crippen LogP contribution in [0.15, 0.2) is 24.3 Å². The Hall–Kier alpha value is -1.69. The van der Waals surface area contributed by atoms with Crippen LogP contribution < -0.4 is 15.8 Å². The second kappa shape index (κ2) is 7.68. The van der Waals surface area contributed by atoms with Gasteiger partial charge in [-0.2, -0.15) is 8.78 Å². The lowest BCUT2D eigenvalue weighted by atomic mass is 10.1. The largest absolute Gasteiger partial charge is 0.434 e. The Labute approximate surface area is 110 Å². The summed E-state index contributed by atoms with van der Waals surface area (Å²) in [6.45, 7) is -0.621. The highest BCUT2D eigenvalue weighted by atomic mass is 19.3. The Morgan fingerprint density at radius 3 is 2.74 bits per heavy atom. The quantitative estimate of drug-likeness (QED) is 0.747. The molecule has 0 saturated carbocycles. The molecule has 3 N–H and O–H groups in total. The smallest absolute Gasteiger partial charge is 0.387 e. The van der Waals surface area contributed by atoms with Crippen molar-refractivity contribution < 1.29 is 18.3 Å². The minimum absolute atomic E-state index is 0.0753. The number of hydrogen-bond acceptors (Lipinski definition) is 3. The highest BCUT2D eigenvalue weighted by molar-refractivity contribution is 5.96. The van der Waals surface area contributed by atoms with Gasteiger partial charge in [0.15, 0.2) is 0 Å². The van der Waals surface area contributed by atoms with Gasteiger partial charge in [0, 0.05) is 12.6 Å². The Kier molecular flexibility index (Phi) is 6.21. The van der Waals surface area contributed by atoms with E-state index in [2.05, 4.69) is 10.1 Å². The van der Waals surface area contributed by atoms with Crippen molar-refractivity contribution in [2.45, 2.75) is 32.4 Å². The van der Waals surface area contributed by atoms with Gasteiger partial charge in [-0.25, -0.2) is 0 Å². The van der Waals surface area contributed by atoms with Crippen molar-refractivity contribution in [2.75, 3.05) is 6.54 Å². The number of alkyl halides is 2. The second-order valence-electron chi connectivity index (χ2n) is 4.25. The summed E-state index contributed by atoms with van der Waals surface area (Å²) < 4.78 is 28.7. The van der Waals surface area contributed by atoms with E-state index in [0.717, 1.165) is 12.8 Å². The SMILES string of the molecule is CC(N)CCCNC(=O)c1ccccc1OC(F)F. The summed E-state index contributed by atoms with van der Waals surface area (Å²) >= 11 is 0. The van der Waals surface area contributed by atoms with Crippen molar-refractivity contribution in [2.24, 2.45) is 5.73 Å². The molecule has 0 aliphatic heterocycles. The van der Waals surface area contributed by atoms with Crippen molar-refractivity contribution in [3.63, 3.8) is 0 Å². The third-order valence-electron chi connectivity index (χ3n) is 2.47. The van der Waals surface area contributed by atoms with Crippen LogP contribution in [-0.4, -0.2) is 25.1 Å². The minimum Gasteiger partial charge on any atom is -0.434 e. The number of carbonyl (C=O) groups is 1. The van der Waals surface area contributed by atoms with E-state index >= 15 is 0 Å². The molecule has 1 atom stereocenters. The first-order valence-electron chi connectivity index (χ1n) is 6.08. The summed E-state index contributed by atoms with van der Waals surface area (Å²) in [5.74, 6) is -0.553. The molecule has 0 aromatic heterocycles. The Bertz CT molecular complexity index is 411. The van der Waals surface area contributed by atoms with Crippen molar-refractivity contribution in [3.8, 4) is 5.75 Å². The summed E-state index contributed by atoms with van der Waals surface area (Å²) in [5.41, 5.74) is 5.68. The molecular weight excluding hydrogens is 254 g/mol. The van der Waals surface area contributed by atoms with E-state index in [1.165, 1.54) is 18.2 Å². The fourth-order valence-corrected chi connectivity index (χ4v) is 1.57. The number of amides is 1. The fraction of sp³-hybridized carbons (Fsp3) is 0.462. The predicted octanol–water partition coefficient (Wildman–Crippen LogP) is 2.15. The van der Waals surface area contributed by atoms with E-state index in [1.54, 1.807) is 6.07 Å². The van der Waals surface area contributed by atoms with E-state index < -0.39 is 12.5 Å². The summed E-state index contributed by atoms with van der Waals surface area (Å²) in [6.07, 6.45) is 1.52. The average molecular weight is 272 g/mol. The molecule has 0 spiro atoms. The Morgan fingerprint density at radius 1 is 1.42 bits per heavy atom. The molecule has 19 heavy (non-hydrogen) atoms. The third kappa shape index (κ3) is 5.65. The topological polar surface area (TPSA) is 64.3 Å². The number of hydrogen-bond donors (Lipinski definition) is 2. The molecule has 1 amide bonds. The zero-order valence-corrected chi connectivity index (χ0v) is 10.7. The predicted molar refractivity (Wildman–Crippen MR) is 68.3 cm³/mol. The number of halogens is 2. The number of nitrogens with two attached hydrogens (primary N) is 1. The Morgan fingerprint density at radius 2 is 2.11 bits per heavy atom. The van der Waals surface area contributed by atoms with Gasteiger partial charge in [-0.1, -0.05) is 12.1 Å². The molecule has 6 heteroatoms. The highest BCUT2D eigenvalue weighted by Gasteiger charge is 2.14. The molecular formula is C13H18F2N2O2. The third-order valence-corrected chi connectivity index (χ3v) is 2.47. The summed E-state index contributed by atoms with van der Waals surface area (Å²) in [5, 5.41) is 2.65. The van der Waals surface area contributed by atoms with E-state index in [9.17, 15) is 13.6 Å². The number of rotatable bonds is 7. The van der Waals surface area contributed by atoms with Gasteiger partial charge < -0.3 is 15.8 Å². The van der Waals surface area contributed by atoms with Crippen molar-refractivity contribution in [3.05, 3.63) is 29.8 Å². The molecule has 0 radical (unpaired) electrons. The zero-order valence-electron chi connectivity index (χ0n) is 10.7. The molecule has 0 saturated heterocycles. The molecule has 1 aromatic rings. The minimum atomic E-state index is -2.95. The van der Waals surface area contributed by atoms with Gasteiger partial charge in [-0.15, -0.1) is 0 Å². The first kappa shape index (κ1) is 15.4.